The molecule has 256 valence electrons. The maximum atomic E-state index is 13.6. The lowest BCUT2D eigenvalue weighted by atomic mass is 9.91. The number of hydrogen-bond acceptors (Lipinski definition) is 15. The lowest BCUT2D eigenvalue weighted by Crippen LogP contribution is -2.41. The molecule has 0 saturated carbocycles. The van der Waals surface area contributed by atoms with E-state index in [0.717, 1.165) is 0 Å². The van der Waals surface area contributed by atoms with Crippen LogP contribution in [0.5, 0.6) is 0 Å². The molecule has 0 bridgehead atoms. The van der Waals surface area contributed by atoms with Gasteiger partial charge < -0.3 is 33.7 Å². The van der Waals surface area contributed by atoms with Gasteiger partial charge in [-0.15, -0.1) is 0 Å². The van der Waals surface area contributed by atoms with Crippen LogP contribution in [0.4, 0.5) is 5.82 Å². The van der Waals surface area contributed by atoms with Gasteiger partial charge >= 0.3 is 19.8 Å². The summed E-state index contributed by atoms with van der Waals surface area (Å²) < 4.78 is 59.2. The lowest BCUT2D eigenvalue weighted by molar-refractivity contribution is -0.250. The van der Waals surface area contributed by atoms with Gasteiger partial charge in [-0.1, -0.05) is 0 Å². The van der Waals surface area contributed by atoms with Gasteiger partial charge in [0.05, 0.1) is 29.5 Å². The summed E-state index contributed by atoms with van der Waals surface area (Å²) in [6, 6.07) is 3.52. The van der Waals surface area contributed by atoms with E-state index in [1.807, 2.05) is 14.1 Å². The van der Waals surface area contributed by atoms with E-state index in [0.29, 0.717) is 17.0 Å². The predicted octanol–water partition coefficient (Wildman–Crippen LogP) is 3.09. The van der Waals surface area contributed by atoms with Crippen LogP contribution in [0.25, 0.3) is 5.52 Å². The molecule has 2 saturated heterocycles. The maximum absolute atomic E-state index is 13.6. The zero-order valence-corrected chi connectivity index (χ0v) is 28.3. The number of nitrogens with zero attached hydrogens (tertiary/aromatic N) is 5. The fourth-order valence-corrected chi connectivity index (χ4v) is 5.44. The number of ether oxygens (including phenoxy) is 5. The second-order valence-corrected chi connectivity index (χ2v) is 14.8. The summed E-state index contributed by atoms with van der Waals surface area (Å²) in [6.07, 6.45) is 0.177. The van der Waals surface area contributed by atoms with Gasteiger partial charge in [0.25, 0.3) is 6.48 Å². The first-order chi connectivity index (χ1) is 21.3. The van der Waals surface area contributed by atoms with Crippen molar-refractivity contribution >= 4 is 37.4 Å². The monoisotopic (exact) mass is 671 g/mol. The summed E-state index contributed by atoms with van der Waals surface area (Å²) in [6.45, 7) is 7.90. The molecular formula is C28H42N5O12P. The van der Waals surface area contributed by atoms with E-state index in [1.54, 1.807) is 76.4 Å². The minimum atomic E-state index is -4.54. The van der Waals surface area contributed by atoms with Gasteiger partial charge in [0.1, 0.15) is 35.8 Å². The Morgan fingerprint density at radius 3 is 2.24 bits per heavy atom. The molecule has 5 atom stereocenters. The van der Waals surface area contributed by atoms with Gasteiger partial charge in [-0.05, 0) is 60.6 Å². The van der Waals surface area contributed by atoms with Crippen LogP contribution in [0.1, 0.15) is 60.3 Å². The quantitative estimate of drug-likeness (QED) is 0.114. The van der Waals surface area contributed by atoms with Crippen LogP contribution >= 0.6 is 7.82 Å². The van der Waals surface area contributed by atoms with E-state index in [-0.39, 0.29) is 0 Å². The molecule has 0 spiro atoms. The second-order valence-electron chi connectivity index (χ2n) is 13.2. The molecule has 4 rings (SSSR count). The Bertz CT molecular complexity index is 1450. The van der Waals surface area contributed by atoms with Crippen molar-refractivity contribution in [2.75, 3.05) is 34.3 Å². The van der Waals surface area contributed by atoms with Crippen molar-refractivity contribution in [3.05, 3.63) is 24.2 Å². The number of esters is 2. The zero-order valence-electron chi connectivity index (χ0n) is 27.4. The molecule has 4 heterocycles. The number of phosphoric ester groups is 1. The fourth-order valence-electron chi connectivity index (χ4n) is 4.52. The number of rotatable bonds is 12. The number of aliphatic hydroxyl groups excluding tert-OH is 1. The van der Waals surface area contributed by atoms with Crippen molar-refractivity contribution in [2.45, 2.75) is 78.9 Å². The summed E-state index contributed by atoms with van der Waals surface area (Å²) >= 11 is 0. The van der Waals surface area contributed by atoms with Gasteiger partial charge in [-0.25, -0.2) is 28.1 Å². The van der Waals surface area contributed by atoms with Crippen molar-refractivity contribution in [3.63, 3.8) is 0 Å². The van der Waals surface area contributed by atoms with Crippen LogP contribution in [0.2, 0.25) is 0 Å². The minimum Gasteiger partial charge on any atom is -0.437 e. The maximum Gasteiger partial charge on any atom is 0.480 e. The molecular weight excluding hydrogens is 629 g/mol. The molecule has 46 heavy (non-hydrogen) atoms. The Labute approximate surface area is 266 Å². The van der Waals surface area contributed by atoms with Gasteiger partial charge in [0.2, 0.25) is 13.6 Å². The number of aliphatic imine (C=N–C) groups is 1. The first kappa shape index (κ1) is 35.8. The average Bonchev–Trinajstić information content (AvgIpc) is 3.58. The highest BCUT2D eigenvalue weighted by Gasteiger charge is 2.62. The molecule has 17 nitrogen and oxygen atoms in total. The predicted molar refractivity (Wildman–Crippen MR) is 159 cm³/mol. The SMILES string of the molecule is CN(C)C=Nc1ncnn2c([C@@H]3O[C@H](COP(=O)(OCOC(=O)C(C)(C)C)OCOC(=O)C(C)(C)C)[C@H]4OC(O)O[C@]43C)ccc12. The van der Waals surface area contributed by atoms with Gasteiger partial charge in [-0.2, -0.15) is 5.10 Å². The van der Waals surface area contributed by atoms with Crippen molar-refractivity contribution in [1.82, 2.24) is 19.5 Å². The Morgan fingerprint density at radius 2 is 1.67 bits per heavy atom. The minimum absolute atomic E-state index is 0.410. The van der Waals surface area contributed by atoms with Crippen molar-refractivity contribution in [3.8, 4) is 0 Å². The third kappa shape index (κ3) is 8.09. The van der Waals surface area contributed by atoms with E-state index in [2.05, 4.69) is 15.1 Å². The number of phosphoric acid groups is 1. The lowest BCUT2D eigenvalue weighted by Gasteiger charge is -2.26. The zero-order chi connectivity index (χ0) is 34.1. The summed E-state index contributed by atoms with van der Waals surface area (Å²) in [5, 5.41) is 14.7. The molecule has 1 unspecified atom stereocenters. The second kappa shape index (κ2) is 13.6. The highest BCUT2D eigenvalue weighted by Crippen LogP contribution is 2.53. The van der Waals surface area contributed by atoms with E-state index in [4.69, 9.17) is 37.3 Å². The Hall–Kier alpha value is -3.02. The smallest absolute Gasteiger partial charge is 0.437 e. The van der Waals surface area contributed by atoms with E-state index in [9.17, 15) is 19.3 Å². The third-order valence-corrected chi connectivity index (χ3v) is 8.22. The molecule has 0 amide bonds. The van der Waals surface area contributed by atoms with Crippen LogP contribution in [0.15, 0.2) is 23.5 Å². The Morgan fingerprint density at radius 1 is 1.07 bits per heavy atom. The van der Waals surface area contributed by atoms with Crippen molar-refractivity contribution < 1.29 is 56.5 Å². The normalized spacial score (nSPS) is 25.3. The molecule has 0 radical (unpaired) electrons. The molecule has 2 aliphatic heterocycles. The van der Waals surface area contributed by atoms with Crippen LogP contribution < -0.4 is 0 Å². The molecule has 2 fully saturated rings. The van der Waals surface area contributed by atoms with Crippen LogP contribution in [-0.2, 0) is 51.4 Å². The van der Waals surface area contributed by atoms with Gasteiger partial charge in [0, 0.05) is 14.1 Å². The van der Waals surface area contributed by atoms with E-state index < -0.39 is 81.2 Å². The average molecular weight is 672 g/mol. The number of carbonyl (C=O) groups excluding carboxylic acids is 2. The number of hydrogen-bond donors (Lipinski definition) is 1. The summed E-state index contributed by atoms with van der Waals surface area (Å²) in [5.74, 6) is -0.840. The number of aliphatic hydroxyl groups is 1. The van der Waals surface area contributed by atoms with Crippen LogP contribution in [0, 0.1) is 10.8 Å². The number of aromatic nitrogens is 3. The first-order valence-electron chi connectivity index (χ1n) is 14.4. The largest absolute Gasteiger partial charge is 0.480 e. The van der Waals surface area contributed by atoms with Crippen LogP contribution in [0.3, 0.4) is 0 Å². The van der Waals surface area contributed by atoms with Crippen molar-refractivity contribution in [1.29, 1.82) is 0 Å². The summed E-state index contributed by atoms with van der Waals surface area (Å²) in [7, 11) is -0.885. The molecule has 2 aromatic heterocycles. The first-order valence-corrected chi connectivity index (χ1v) is 15.9. The topological polar surface area (TPSA) is 191 Å². The molecule has 2 aliphatic rings. The fraction of sp³-hybridized carbons (Fsp3) is 0.679. The van der Waals surface area contributed by atoms with E-state index >= 15 is 0 Å². The molecule has 18 heteroatoms. The van der Waals surface area contributed by atoms with Crippen molar-refractivity contribution in [2.24, 2.45) is 15.8 Å². The van der Waals surface area contributed by atoms with E-state index in [1.165, 1.54) is 6.33 Å². The standard InChI is InChI=1S/C28H42N5O12P/c1-26(2,3)23(34)38-15-41-46(37,42-16-39-24(35)27(4,5)6)40-12-19-21-28(7,45-25(36)44-21)20(43-19)17-10-11-18-22(30-14-32(8)9)29-13-31-33(17)18/h10-11,13-14,19-21,25,36H,12,15-16H2,1-9H3/t19-,20+,21-,25?,28+/m1/s1. The van der Waals surface area contributed by atoms with Gasteiger partial charge in [-0.3, -0.25) is 14.1 Å². The summed E-state index contributed by atoms with van der Waals surface area (Å²) in [5.41, 5.74) is -1.86. The Balaban J connectivity index is 1.54. The van der Waals surface area contributed by atoms with Gasteiger partial charge in [0.15, 0.2) is 5.82 Å². The molecule has 0 aromatic carbocycles. The Kier molecular flexibility index (Phi) is 10.6. The molecule has 1 N–H and O–H groups in total. The highest BCUT2D eigenvalue weighted by molar-refractivity contribution is 7.48. The number of fused-ring (bicyclic) bond motifs is 2. The molecule has 2 aromatic rings. The molecule has 0 aliphatic carbocycles. The highest BCUT2D eigenvalue weighted by atomic mass is 31.2. The van der Waals surface area contributed by atoms with Crippen LogP contribution in [-0.4, -0.2) is 101 Å². The number of carbonyl (C=O) groups is 2. The summed E-state index contributed by atoms with van der Waals surface area (Å²) in [4.78, 5) is 34.8. The third-order valence-electron chi connectivity index (χ3n) is 6.92.